The van der Waals surface area contributed by atoms with Crippen LogP contribution in [-0.4, -0.2) is 177 Å². The van der Waals surface area contributed by atoms with Gasteiger partial charge in [-0.05, 0) is 67.0 Å². The van der Waals surface area contributed by atoms with E-state index in [-0.39, 0.29) is 93.2 Å². The zero-order valence-electron chi connectivity index (χ0n) is 45.6. The van der Waals surface area contributed by atoms with Crippen molar-refractivity contribution in [2.75, 3.05) is 90.9 Å². The molecule has 3 aromatic carbocycles. The molecular formula is C57H76F2N10O8S. The molecule has 4 amide bonds. The third kappa shape index (κ3) is 14.7. The number of aliphatic hydroxyl groups excluding tert-OH is 1. The number of aliphatic imine (C=N–C) groups is 2. The molecule has 21 heteroatoms. The van der Waals surface area contributed by atoms with Gasteiger partial charge >= 0.3 is 0 Å². The Labute approximate surface area is 460 Å². The quantitative estimate of drug-likeness (QED) is 0.0959. The lowest BCUT2D eigenvalue weighted by atomic mass is 9.85. The first-order valence-electron chi connectivity index (χ1n) is 27.0. The minimum Gasteiger partial charge on any atom is -0.391 e. The van der Waals surface area contributed by atoms with E-state index in [0.29, 0.717) is 75.6 Å². The fourth-order valence-electron chi connectivity index (χ4n) is 10.4. The third-order valence-electron chi connectivity index (χ3n) is 15.0. The van der Waals surface area contributed by atoms with Crippen LogP contribution >= 0.6 is 11.8 Å². The number of nitrogens with zero attached hydrogens (tertiary/aromatic N) is 6. The molecule has 6 atom stereocenters. The van der Waals surface area contributed by atoms with Crippen molar-refractivity contribution < 1.29 is 47.3 Å². The van der Waals surface area contributed by atoms with Crippen molar-refractivity contribution in [3.05, 3.63) is 94.7 Å². The zero-order valence-corrected chi connectivity index (χ0v) is 46.5. The number of halogens is 2. The summed E-state index contributed by atoms with van der Waals surface area (Å²) in [6.45, 7) is 13.1. The van der Waals surface area contributed by atoms with Gasteiger partial charge in [0.05, 0.1) is 73.0 Å². The molecule has 0 aromatic heterocycles. The molecule has 0 bridgehead atoms. The Balaban J connectivity index is 0.760. The van der Waals surface area contributed by atoms with Crippen LogP contribution in [0.3, 0.4) is 0 Å². The molecule has 3 aromatic rings. The number of β-amino-alcohol motifs (C(OH)–C–C–N with tert-alkyl or cyclic N) is 1. The summed E-state index contributed by atoms with van der Waals surface area (Å²) in [5, 5.41) is 20.1. The van der Waals surface area contributed by atoms with Crippen molar-refractivity contribution in [1.29, 1.82) is 0 Å². The minimum atomic E-state index is -1.01. The topological polar surface area (TPSA) is 216 Å². The van der Waals surface area contributed by atoms with Gasteiger partial charge in [0.2, 0.25) is 23.6 Å². The largest absolute Gasteiger partial charge is 0.391 e. The normalized spacial score (nSPS) is 22.0. The molecule has 422 valence electrons. The van der Waals surface area contributed by atoms with Gasteiger partial charge in [0.1, 0.15) is 36.9 Å². The Bertz CT molecular complexity index is 2680. The summed E-state index contributed by atoms with van der Waals surface area (Å²) in [7, 11) is 1.95. The molecular weight excluding hydrogens is 1020 g/mol. The van der Waals surface area contributed by atoms with Crippen molar-refractivity contribution in [3.8, 4) is 11.1 Å². The second-order valence-electron chi connectivity index (χ2n) is 22.0. The fraction of sp³-hybridized carbons (Fsp3) is 0.544. The lowest BCUT2D eigenvalue weighted by Gasteiger charge is -2.35. The molecule has 0 spiro atoms. The standard InChI is InChI=1S/C57H76F2N10O8S/c1-35(60)43(47-31-66(6)48-9-7-8-42(52(48)64-47)39-24-45(58)44(46(59)25-39)30-67-18-20-75-21-19-67)28-61-40-14-16-68(17-15-40)51(72)33-77-23-22-76-32-50(71)65-54(57(3,4)5)56(74)69-29-41(70)26-49(69)55(73)62-27-37-10-12-38(13-11-37)53-36(2)63-34-78-53/h7-13,24-25,28,34-36,40-41,49,53-54,61,70H,14-23,26-27,29-33,60H2,1-6H3,(H,62,73)(H,65,71)/b43-28+/t35?,36?,41-,49?,53?,54?/m1/s1. The molecule has 18 nitrogen and oxygen atoms in total. The maximum absolute atomic E-state index is 15.6. The Morgan fingerprint density at radius 3 is 2.33 bits per heavy atom. The van der Waals surface area contributed by atoms with Crippen LogP contribution in [0.25, 0.3) is 11.1 Å². The van der Waals surface area contributed by atoms with E-state index < -0.39 is 47.1 Å². The summed E-state index contributed by atoms with van der Waals surface area (Å²) >= 11 is 1.68. The number of amides is 4. The highest BCUT2D eigenvalue weighted by atomic mass is 32.2. The van der Waals surface area contributed by atoms with Gasteiger partial charge in [-0.1, -0.05) is 57.2 Å². The van der Waals surface area contributed by atoms with E-state index in [1.165, 1.54) is 17.0 Å². The number of likely N-dealkylation sites (tertiary alicyclic amines) is 2. The third-order valence-corrected chi connectivity index (χ3v) is 16.2. The number of hydrogen-bond donors (Lipinski definition) is 5. The number of ether oxygens (including phenoxy) is 3. The minimum absolute atomic E-state index is 0.0271. The van der Waals surface area contributed by atoms with Gasteiger partial charge in [0, 0.05) is 94.3 Å². The molecule has 5 aliphatic rings. The SMILES string of the molecule is CC(N)/C(=C\NC1CCN(C(=O)COCCOCC(=O)NC(C(=O)N2C[C@H](O)CC2C(=O)NCc2ccc(C3SC=NC3C)cc2)C(C)(C)C)CC1)C1=Nc2c(-c3cc(F)c(CN4CCOCC4)c(F)c3)cccc2N(C)C1. The predicted molar refractivity (Wildman–Crippen MR) is 298 cm³/mol. The Morgan fingerprint density at radius 1 is 0.987 bits per heavy atom. The molecule has 3 saturated heterocycles. The van der Waals surface area contributed by atoms with Gasteiger partial charge in [-0.3, -0.25) is 29.1 Å². The number of aliphatic hydroxyl groups is 1. The van der Waals surface area contributed by atoms with Gasteiger partial charge in [-0.25, -0.2) is 13.8 Å². The summed E-state index contributed by atoms with van der Waals surface area (Å²) in [4.78, 5) is 70.5. The molecule has 6 N–H and O–H groups in total. The highest BCUT2D eigenvalue weighted by molar-refractivity contribution is 8.12. The van der Waals surface area contributed by atoms with Crippen LogP contribution in [0.2, 0.25) is 0 Å². The lowest BCUT2D eigenvalue weighted by molar-refractivity contribution is -0.144. The maximum Gasteiger partial charge on any atom is 0.248 e. The lowest BCUT2D eigenvalue weighted by Crippen LogP contribution is -2.58. The first kappa shape index (κ1) is 58.3. The van der Waals surface area contributed by atoms with E-state index in [1.54, 1.807) is 16.7 Å². The smallest absolute Gasteiger partial charge is 0.248 e. The number of carbonyl (C=O) groups excluding carboxylic acids is 4. The molecule has 5 unspecified atom stereocenters. The van der Waals surface area contributed by atoms with E-state index in [9.17, 15) is 24.3 Å². The Hall–Kier alpha value is -5.81. The number of thioether (sulfide) groups is 1. The summed E-state index contributed by atoms with van der Waals surface area (Å²) in [5.41, 5.74) is 13.8. The molecule has 5 heterocycles. The first-order chi connectivity index (χ1) is 37.3. The molecule has 3 fully saturated rings. The number of nitrogens with one attached hydrogen (secondary N) is 3. The van der Waals surface area contributed by atoms with Gasteiger partial charge in [-0.15, -0.1) is 11.8 Å². The second kappa shape index (κ2) is 26.4. The molecule has 0 aliphatic carbocycles. The molecule has 0 saturated carbocycles. The second-order valence-corrected chi connectivity index (χ2v) is 23.0. The average molecular weight is 1100 g/mol. The van der Waals surface area contributed by atoms with Gasteiger partial charge in [0.15, 0.2) is 0 Å². The van der Waals surface area contributed by atoms with Crippen LogP contribution in [-0.2, 0) is 46.5 Å². The predicted octanol–water partition coefficient (Wildman–Crippen LogP) is 4.85. The van der Waals surface area contributed by atoms with E-state index in [1.807, 2.05) is 93.9 Å². The van der Waals surface area contributed by atoms with E-state index in [2.05, 4.69) is 32.8 Å². The van der Waals surface area contributed by atoms with Crippen molar-refractivity contribution in [2.45, 2.75) is 109 Å². The van der Waals surface area contributed by atoms with Crippen LogP contribution < -0.4 is 26.6 Å². The van der Waals surface area contributed by atoms with Crippen molar-refractivity contribution in [3.63, 3.8) is 0 Å². The van der Waals surface area contributed by atoms with Crippen molar-refractivity contribution >= 4 is 58.0 Å². The van der Waals surface area contributed by atoms with E-state index in [0.717, 1.165) is 28.1 Å². The molecule has 0 radical (unpaired) electrons. The average Bonchev–Trinajstić information content (AvgIpc) is 4.05. The van der Waals surface area contributed by atoms with Crippen LogP contribution in [0.5, 0.6) is 0 Å². The van der Waals surface area contributed by atoms with E-state index >= 15 is 8.78 Å². The van der Waals surface area contributed by atoms with Crippen LogP contribution in [0, 0.1) is 17.0 Å². The summed E-state index contributed by atoms with van der Waals surface area (Å²) < 4.78 is 47.8. The zero-order chi connectivity index (χ0) is 55.7. The number of fused-ring (bicyclic) bond motifs is 1. The van der Waals surface area contributed by atoms with Gasteiger partial charge in [0.25, 0.3) is 0 Å². The molecule has 5 aliphatic heterocycles. The highest BCUT2D eigenvalue weighted by Gasteiger charge is 2.44. The number of anilines is 1. The molecule has 78 heavy (non-hydrogen) atoms. The summed E-state index contributed by atoms with van der Waals surface area (Å²) in [5.74, 6) is -2.77. The number of hydrogen-bond acceptors (Lipinski definition) is 15. The fourth-order valence-corrected chi connectivity index (χ4v) is 11.4. The number of para-hydroxylation sites is 1. The van der Waals surface area contributed by atoms with Crippen molar-refractivity contribution in [1.82, 2.24) is 30.7 Å². The van der Waals surface area contributed by atoms with Crippen LogP contribution in [0.1, 0.15) is 75.8 Å². The Kier molecular flexibility index (Phi) is 19.8. The van der Waals surface area contributed by atoms with Crippen LogP contribution in [0.4, 0.5) is 20.2 Å². The number of benzene rings is 3. The first-order valence-corrected chi connectivity index (χ1v) is 28.0. The Morgan fingerprint density at radius 2 is 1.68 bits per heavy atom. The summed E-state index contributed by atoms with van der Waals surface area (Å²) in [6.07, 6.45) is 2.44. The number of morpholine rings is 1. The van der Waals surface area contributed by atoms with E-state index in [4.69, 9.17) is 24.9 Å². The summed E-state index contributed by atoms with van der Waals surface area (Å²) in [6, 6.07) is 14.3. The van der Waals surface area contributed by atoms with Gasteiger partial charge in [-0.2, -0.15) is 0 Å². The molecule has 8 rings (SSSR count). The van der Waals surface area contributed by atoms with Crippen LogP contribution in [0.15, 0.2) is 76.4 Å². The van der Waals surface area contributed by atoms with Gasteiger partial charge < -0.3 is 55.7 Å². The monoisotopic (exact) mass is 1100 g/mol. The number of carbonyl (C=O) groups is 4. The number of nitrogens with two attached hydrogens (primary N) is 1. The maximum atomic E-state index is 15.6. The number of rotatable bonds is 20. The highest BCUT2D eigenvalue weighted by Crippen LogP contribution is 2.42. The number of piperidine rings is 1. The van der Waals surface area contributed by atoms with Crippen molar-refractivity contribution in [2.24, 2.45) is 21.1 Å².